The minimum absolute atomic E-state index is 0. The Kier molecular flexibility index (Phi) is 7.72. The molecule has 5 nitrogen and oxygen atoms in total. The Morgan fingerprint density at radius 1 is 1.20 bits per heavy atom. The predicted octanol–water partition coefficient (Wildman–Crippen LogP) is 2.08. The van der Waals surface area contributed by atoms with E-state index in [0.29, 0.717) is 18.0 Å². The second-order valence-corrected chi connectivity index (χ2v) is 6.89. The van der Waals surface area contributed by atoms with Gasteiger partial charge < -0.3 is 15.5 Å². The van der Waals surface area contributed by atoms with Crippen LogP contribution >= 0.6 is 12.4 Å². The number of halogens is 1. The van der Waals surface area contributed by atoms with Crippen molar-refractivity contribution in [2.45, 2.75) is 25.7 Å². The van der Waals surface area contributed by atoms with Gasteiger partial charge in [-0.2, -0.15) is 0 Å². The number of rotatable bonds is 5. The third-order valence-electron chi connectivity index (χ3n) is 5.11. The molecule has 1 aromatic carbocycles. The minimum Gasteiger partial charge on any atom is -0.356 e. The van der Waals surface area contributed by atoms with Crippen LogP contribution in [-0.4, -0.2) is 49.4 Å². The molecular formula is C19H28ClN3O2. The topological polar surface area (TPSA) is 61.4 Å². The molecule has 2 atom stereocenters. The molecule has 2 fully saturated rings. The second-order valence-electron chi connectivity index (χ2n) is 6.89. The number of likely N-dealkylation sites (tertiary alicyclic amines) is 1. The fourth-order valence-corrected chi connectivity index (χ4v) is 3.64. The maximum absolute atomic E-state index is 12.5. The largest absolute Gasteiger partial charge is 0.356 e. The van der Waals surface area contributed by atoms with Crippen molar-refractivity contribution in [2.24, 2.45) is 11.8 Å². The Labute approximate surface area is 155 Å². The van der Waals surface area contributed by atoms with Gasteiger partial charge in [0.25, 0.3) is 5.91 Å². The van der Waals surface area contributed by atoms with Gasteiger partial charge in [-0.3, -0.25) is 9.59 Å². The number of hydrogen-bond donors (Lipinski definition) is 2. The van der Waals surface area contributed by atoms with E-state index in [1.165, 1.54) is 6.42 Å². The standard InChI is InChI=1S/C19H27N3O2.ClH/c23-18(21-11-9-15-8-10-20-13-15)17-7-4-12-22(14-17)19(24)16-5-2-1-3-6-16;/h1-3,5-6,15,17,20H,4,7-14H2,(H,21,23);1H. The highest BCUT2D eigenvalue weighted by Crippen LogP contribution is 2.19. The molecule has 2 N–H and O–H groups in total. The van der Waals surface area contributed by atoms with Crippen LogP contribution in [0.2, 0.25) is 0 Å². The third kappa shape index (κ3) is 5.44. The molecule has 0 aliphatic carbocycles. The lowest BCUT2D eigenvalue weighted by Crippen LogP contribution is -2.45. The van der Waals surface area contributed by atoms with Gasteiger partial charge >= 0.3 is 0 Å². The minimum atomic E-state index is -0.0758. The summed E-state index contributed by atoms with van der Waals surface area (Å²) in [6.45, 7) is 4.18. The number of carbonyl (C=O) groups is 2. The van der Waals surface area contributed by atoms with Crippen LogP contribution in [0.1, 0.15) is 36.0 Å². The summed E-state index contributed by atoms with van der Waals surface area (Å²) in [6.07, 6.45) is 4.01. The number of benzene rings is 1. The van der Waals surface area contributed by atoms with E-state index in [1.807, 2.05) is 35.2 Å². The second kappa shape index (κ2) is 9.78. The Hall–Kier alpha value is -1.59. The molecule has 2 aliphatic rings. The van der Waals surface area contributed by atoms with Gasteiger partial charge in [-0.05, 0) is 56.8 Å². The first-order chi connectivity index (χ1) is 11.7. The molecule has 0 aromatic heterocycles. The molecule has 2 amide bonds. The van der Waals surface area contributed by atoms with E-state index in [2.05, 4.69) is 10.6 Å². The summed E-state index contributed by atoms with van der Waals surface area (Å²) in [6, 6.07) is 9.32. The fraction of sp³-hybridized carbons (Fsp3) is 0.579. The third-order valence-corrected chi connectivity index (χ3v) is 5.11. The van der Waals surface area contributed by atoms with E-state index in [0.717, 1.165) is 45.4 Å². The van der Waals surface area contributed by atoms with Crippen LogP contribution in [0.3, 0.4) is 0 Å². The molecule has 25 heavy (non-hydrogen) atoms. The Morgan fingerprint density at radius 3 is 2.72 bits per heavy atom. The van der Waals surface area contributed by atoms with E-state index < -0.39 is 0 Å². The summed E-state index contributed by atoms with van der Waals surface area (Å²) < 4.78 is 0. The Morgan fingerprint density at radius 2 is 2.00 bits per heavy atom. The van der Waals surface area contributed by atoms with E-state index in [9.17, 15) is 9.59 Å². The monoisotopic (exact) mass is 365 g/mol. The van der Waals surface area contributed by atoms with Gasteiger partial charge in [0.05, 0.1) is 5.92 Å². The van der Waals surface area contributed by atoms with Crippen molar-refractivity contribution >= 4 is 24.2 Å². The molecule has 3 rings (SSSR count). The molecule has 2 aliphatic heterocycles. The highest BCUT2D eigenvalue weighted by atomic mass is 35.5. The average Bonchev–Trinajstić information content (AvgIpc) is 3.15. The highest BCUT2D eigenvalue weighted by molar-refractivity contribution is 5.94. The van der Waals surface area contributed by atoms with Gasteiger partial charge in [0.2, 0.25) is 5.91 Å². The lowest BCUT2D eigenvalue weighted by atomic mass is 9.96. The maximum Gasteiger partial charge on any atom is 0.253 e. The van der Waals surface area contributed by atoms with Gasteiger partial charge in [-0.1, -0.05) is 18.2 Å². The zero-order valence-electron chi connectivity index (χ0n) is 14.6. The Bertz CT molecular complexity index is 561. The lowest BCUT2D eigenvalue weighted by Gasteiger charge is -2.32. The molecule has 2 saturated heterocycles. The van der Waals surface area contributed by atoms with Crippen LogP contribution < -0.4 is 10.6 Å². The molecule has 6 heteroatoms. The summed E-state index contributed by atoms with van der Waals surface area (Å²) >= 11 is 0. The summed E-state index contributed by atoms with van der Waals surface area (Å²) in [5.74, 6) is 0.748. The number of carbonyl (C=O) groups excluding carboxylic acids is 2. The SMILES string of the molecule is Cl.O=C(NCCC1CCNC1)C1CCCN(C(=O)c2ccccc2)C1. The maximum atomic E-state index is 12.5. The summed E-state index contributed by atoms with van der Waals surface area (Å²) in [7, 11) is 0. The van der Waals surface area contributed by atoms with E-state index in [-0.39, 0.29) is 30.1 Å². The van der Waals surface area contributed by atoms with Crippen molar-refractivity contribution in [1.29, 1.82) is 0 Å². The van der Waals surface area contributed by atoms with Crippen LogP contribution in [0.15, 0.2) is 30.3 Å². The molecule has 1 aromatic rings. The van der Waals surface area contributed by atoms with Gasteiger partial charge in [-0.15, -0.1) is 12.4 Å². The van der Waals surface area contributed by atoms with E-state index in [4.69, 9.17) is 0 Å². The van der Waals surface area contributed by atoms with Gasteiger partial charge in [0.15, 0.2) is 0 Å². The van der Waals surface area contributed by atoms with Crippen molar-refractivity contribution in [3.05, 3.63) is 35.9 Å². The summed E-state index contributed by atoms with van der Waals surface area (Å²) in [5.41, 5.74) is 0.701. The number of nitrogens with zero attached hydrogens (tertiary/aromatic N) is 1. The van der Waals surface area contributed by atoms with E-state index in [1.54, 1.807) is 0 Å². The first-order valence-electron chi connectivity index (χ1n) is 9.07. The smallest absolute Gasteiger partial charge is 0.253 e. The lowest BCUT2D eigenvalue weighted by molar-refractivity contribution is -0.126. The van der Waals surface area contributed by atoms with Crippen LogP contribution in [-0.2, 0) is 4.79 Å². The van der Waals surface area contributed by atoms with Crippen LogP contribution in [0, 0.1) is 11.8 Å². The quantitative estimate of drug-likeness (QED) is 0.839. The normalized spacial score (nSPS) is 23.0. The molecule has 138 valence electrons. The summed E-state index contributed by atoms with van der Waals surface area (Å²) in [5, 5.41) is 6.42. The molecule has 0 spiro atoms. The zero-order valence-corrected chi connectivity index (χ0v) is 15.4. The number of amides is 2. The summed E-state index contributed by atoms with van der Waals surface area (Å²) in [4.78, 5) is 26.8. The molecular weight excluding hydrogens is 338 g/mol. The molecule has 0 bridgehead atoms. The number of nitrogens with one attached hydrogen (secondary N) is 2. The Balaban J connectivity index is 0.00000225. The average molecular weight is 366 g/mol. The first kappa shape index (κ1) is 19.7. The zero-order chi connectivity index (χ0) is 16.8. The number of piperidine rings is 1. The number of hydrogen-bond acceptors (Lipinski definition) is 3. The van der Waals surface area contributed by atoms with Crippen LogP contribution in [0.4, 0.5) is 0 Å². The van der Waals surface area contributed by atoms with E-state index >= 15 is 0 Å². The van der Waals surface area contributed by atoms with Crippen molar-refractivity contribution < 1.29 is 9.59 Å². The van der Waals surface area contributed by atoms with Crippen LogP contribution in [0.5, 0.6) is 0 Å². The van der Waals surface area contributed by atoms with Crippen molar-refractivity contribution in [3.8, 4) is 0 Å². The van der Waals surface area contributed by atoms with Crippen molar-refractivity contribution in [1.82, 2.24) is 15.5 Å². The fourth-order valence-electron chi connectivity index (χ4n) is 3.64. The predicted molar refractivity (Wildman–Crippen MR) is 101 cm³/mol. The van der Waals surface area contributed by atoms with Crippen molar-refractivity contribution in [3.63, 3.8) is 0 Å². The molecule has 2 heterocycles. The molecule has 2 unspecified atom stereocenters. The first-order valence-corrected chi connectivity index (χ1v) is 9.07. The molecule has 0 radical (unpaired) electrons. The van der Waals surface area contributed by atoms with Gasteiger partial charge in [-0.25, -0.2) is 0 Å². The van der Waals surface area contributed by atoms with Crippen molar-refractivity contribution in [2.75, 3.05) is 32.7 Å². The van der Waals surface area contributed by atoms with Gasteiger partial charge in [0.1, 0.15) is 0 Å². The highest BCUT2D eigenvalue weighted by Gasteiger charge is 2.28. The molecule has 0 saturated carbocycles. The van der Waals surface area contributed by atoms with Gasteiger partial charge in [0, 0.05) is 25.2 Å². The van der Waals surface area contributed by atoms with Crippen LogP contribution in [0.25, 0.3) is 0 Å².